The molecule has 1 atom stereocenters. The lowest BCUT2D eigenvalue weighted by molar-refractivity contribution is -0.114. The summed E-state index contributed by atoms with van der Waals surface area (Å²) in [6.45, 7) is 3.17. The third-order valence-electron chi connectivity index (χ3n) is 3.84. The van der Waals surface area contributed by atoms with Crippen molar-refractivity contribution in [2.75, 3.05) is 5.32 Å². The normalized spacial score (nSPS) is 11.7. The van der Waals surface area contributed by atoms with Crippen LogP contribution in [0.4, 0.5) is 10.1 Å². The van der Waals surface area contributed by atoms with Crippen molar-refractivity contribution in [2.45, 2.75) is 19.9 Å². The van der Waals surface area contributed by atoms with Crippen molar-refractivity contribution in [3.63, 3.8) is 0 Å². The van der Waals surface area contributed by atoms with Crippen molar-refractivity contribution in [3.05, 3.63) is 72.0 Å². The second kappa shape index (κ2) is 7.82. The molecule has 0 aliphatic heterocycles. The number of carbonyl (C=O) groups is 2. The number of rotatable bonds is 5. The van der Waals surface area contributed by atoms with E-state index in [1.54, 1.807) is 43.3 Å². The summed E-state index contributed by atoms with van der Waals surface area (Å²) in [7, 11) is 0. The lowest BCUT2D eigenvalue weighted by atomic mass is 10.2. The third-order valence-corrected chi connectivity index (χ3v) is 3.84. The van der Waals surface area contributed by atoms with Crippen LogP contribution in [0, 0.1) is 5.82 Å². The van der Waals surface area contributed by atoms with E-state index >= 15 is 0 Å². The van der Waals surface area contributed by atoms with Gasteiger partial charge in [0.1, 0.15) is 11.9 Å². The summed E-state index contributed by atoms with van der Waals surface area (Å²) in [5, 5.41) is 5.44. The molecule has 1 heterocycles. The molecule has 1 aromatic heterocycles. The van der Waals surface area contributed by atoms with E-state index in [1.807, 2.05) is 0 Å². The van der Waals surface area contributed by atoms with Gasteiger partial charge in [-0.25, -0.2) is 9.37 Å². The zero-order valence-electron chi connectivity index (χ0n) is 14.8. The zero-order chi connectivity index (χ0) is 19.4. The molecule has 3 aromatic rings. The number of hydrogen-bond donors (Lipinski definition) is 2. The number of nitrogens with zero attached hydrogens (tertiary/aromatic N) is 1. The van der Waals surface area contributed by atoms with Gasteiger partial charge in [0.15, 0.2) is 5.76 Å². The first-order valence-electron chi connectivity index (χ1n) is 8.32. The topological polar surface area (TPSA) is 84.2 Å². The van der Waals surface area contributed by atoms with Gasteiger partial charge in [-0.2, -0.15) is 0 Å². The molecular weight excluding hydrogens is 349 g/mol. The molecule has 27 heavy (non-hydrogen) atoms. The van der Waals surface area contributed by atoms with Gasteiger partial charge in [0.25, 0.3) is 5.91 Å². The van der Waals surface area contributed by atoms with Crippen LogP contribution >= 0.6 is 0 Å². The molecule has 3 rings (SSSR count). The highest BCUT2D eigenvalue weighted by atomic mass is 19.1. The number of nitrogens with one attached hydrogen (secondary N) is 2. The molecule has 138 valence electrons. The van der Waals surface area contributed by atoms with Crippen molar-refractivity contribution in [2.24, 2.45) is 0 Å². The maximum Gasteiger partial charge on any atom is 0.251 e. The Kier molecular flexibility index (Phi) is 5.30. The summed E-state index contributed by atoms with van der Waals surface area (Å²) in [5.41, 5.74) is 1.76. The number of aromatic nitrogens is 1. The van der Waals surface area contributed by atoms with Gasteiger partial charge in [-0.1, -0.05) is 0 Å². The van der Waals surface area contributed by atoms with Gasteiger partial charge < -0.3 is 15.1 Å². The molecule has 1 unspecified atom stereocenters. The average molecular weight is 367 g/mol. The van der Waals surface area contributed by atoms with Crippen LogP contribution in [0.3, 0.4) is 0 Å². The number of carbonyl (C=O) groups excluding carboxylic acids is 2. The fourth-order valence-electron chi connectivity index (χ4n) is 2.49. The van der Waals surface area contributed by atoms with E-state index in [2.05, 4.69) is 15.6 Å². The van der Waals surface area contributed by atoms with Crippen LogP contribution in [0.15, 0.2) is 59.1 Å². The zero-order valence-corrected chi connectivity index (χ0v) is 14.8. The molecule has 0 aliphatic carbocycles. The Bertz CT molecular complexity index is 949. The average Bonchev–Trinajstić information content (AvgIpc) is 3.12. The highest BCUT2D eigenvalue weighted by Gasteiger charge is 2.17. The molecular formula is C20H18FN3O3. The molecule has 7 heteroatoms. The standard InChI is InChI=1S/C20H18FN3O3/c1-12(20-22-11-18(27-20)14-3-7-16(21)8-4-14)23-19(26)15-5-9-17(10-6-15)24-13(2)25/h3-12H,1-2H3,(H,23,26)(H,24,25). The van der Waals surface area contributed by atoms with Gasteiger partial charge in [0.05, 0.1) is 6.20 Å². The Morgan fingerprint density at radius 3 is 2.37 bits per heavy atom. The molecule has 0 fully saturated rings. The SMILES string of the molecule is CC(=O)Nc1ccc(C(=O)NC(C)c2ncc(-c3ccc(F)cc3)o2)cc1. The summed E-state index contributed by atoms with van der Waals surface area (Å²) in [6, 6.07) is 12.0. The first-order chi connectivity index (χ1) is 12.9. The van der Waals surface area contributed by atoms with Crippen LogP contribution in [0.1, 0.15) is 36.1 Å². The van der Waals surface area contributed by atoms with Crippen molar-refractivity contribution in [1.29, 1.82) is 0 Å². The monoisotopic (exact) mass is 367 g/mol. The van der Waals surface area contributed by atoms with Gasteiger partial charge in [-0.15, -0.1) is 0 Å². The van der Waals surface area contributed by atoms with Gasteiger partial charge in [0, 0.05) is 23.7 Å². The van der Waals surface area contributed by atoms with Crippen molar-refractivity contribution in [1.82, 2.24) is 10.3 Å². The van der Waals surface area contributed by atoms with E-state index in [4.69, 9.17) is 4.42 Å². The maximum atomic E-state index is 13.0. The lowest BCUT2D eigenvalue weighted by Crippen LogP contribution is -2.26. The van der Waals surface area contributed by atoms with E-state index in [0.29, 0.717) is 28.5 Å². The van der Waals surface area contributed by atoms with Crippen molar-refractivity contribution < 1.29 is 18.4 Å². The molecule has 0 aliphatic rings. The molecule has 6 nitrogen and oxygen atoms in total. The smallest absolute Gasteiger partial charge is 0.251 e. The fraction of sp³-hybridized carbons (Fsp3) is 0.150. The minimum atomic E-state index is -0.457. The molecule has 0 spiro atoms. The predicted octanol–water partition coefficient (Wildman–Crippen LogP) is 3.93. The molecule has 2 amide bonds. The van der Waals surface area contributed by atoms with Gasteiger partial charge in [-0.05, 0) is 55.5 Å². The fourth-order valence-corrected chi connectivity index (χ4v) is 2.49. The van der Waals surface area contributed by atoms with E-state index < -0.39 is 6.04 Å². The summed E-state index contributed by atoms with van der Waals surface area (Å²) in [4.78, 5) is 27.6. The summed E-state index contributed by atoms with van der Waals surface area (Å²) in [5.74, 6) is 0.0343. The van der Waals surface area contributed by atoms with Gasteiger partial charge >= 0.3 is 0 Å². The van der Waals surface area contributed by atoms with E-state index in [-0.39, 0.29) is 17.6 Å². The first-order valence-corrected chi connectivity index (χ1v) is 8.32. The van der Waals surface area contributed by atoms with Crippen LogP contribution in [-0.2, 0) is 4.79 Å². The quantitative estimate of drug-likeness (QED) is 0.716. The number of amides is 2. The predicted molar refractivity (Wildman–Crippen MR) is 98.5 cm³/mol. The number of halogens is 1. The maximum absolute atomic E-state index is 13.0. The molecule has 0 radical (unpaired) electrons. The molecule has 0 saturated heterocycles. The molecule has 2 aromatic carbocycles. The largest absolute Gasteiger partial charge is 0.438 e. The minimum Gasteiger partial charge on any atom is -0.438 e. The highest BCUT2D eigenvalue weighted by molar-refractivity contribution is 5.95. The highest BCUT2D eigenvalue weighted by Crippen LogP contribution is 2.23. The van der Waals surface area contributed by atoms with Crippen LogP contribution in [0.5, 0.6) is 0 Å². The van der Waals surface area contributed by atoms with E-state index in [0.717, 1.165) is 0 Å². The van der Waals surface area contributed by atoms with Crippen LogP contribution in [-0.4, -0.2) is 16.8 Å². The summed E-state index contributed by atoms with van der Waals surface area (Å²) in [6.07, 6.45) is 1.54. The Labute approximate surface area is 155 Å². The van der Waals surface area contributed by atoms with E-state index in [9.17, 15) is 14.0 Å². The van der Waals surface area contributed by atoms with Crippen LogP contribution in [0.2, 0.25) is 0 Å². The third kappa shape index (κ3) is 4.58. The Morgan fingerprint density at radius 2 is 1.74 bits per heavy atom. The van der Waals surface area contributed by atoms with E-state index in [1.165, 1.54) is 25.3 Å². The number of hydrogen-bond acceptors (Lipinski definition) is 4. The Hall–Kier alpha value is -3.48. The van der Waals surface area contributed by atoms with Gasteiger partial charge in [0.2, 0.25) is 11.8 Å². The summed E-state index contributed by atoms with van der Waals surface area (Å²) < 4.78 is 18.7. The lowest BCUT2D eigenvalue weighted by Gasteiger charge is -2.11. The number of benzene rings is 2. The van der Waals surface area contributed by atoms with Gasteiger partial charge in [-0.3, -0.25) is 9.59 Å². The Balaban J connectivity index is 1.66. The van der Waals surface area contributed by atoms with Crippen LogP contribution < -0.4 is 10.6 Å². The molecule has 2 N–H and O–H groups in total. The number of anilines is 1. The van der Waals surface area contributed by atoms with Crippen LogP contribution in [0.25, 0.3) is 11.3 Å². The summed E-state index contributed by atoms with van der Waals surface area (Å²) >= 11 is 0. The first kappa shape index (κ1) is 18.3. The van der Waals surface area contributed by atoms with Crippen molar-refractivity contribution >= 4 is 17.5 Å². The van der Waals surface area contributed by atoms with Crippen molar-refractivity contribution in [3.8, 4) is 11.3 Å². The molecule has 0 saturated carbocycles. The molecule has 0 bridgehead atoms. The second-order valence-electron chi connectivity index (χ2n) is 6.02. The second-order valence-corrected chi connectivity index (χ2v) is 6.02. The number of oxazole rings is 1. The minimum absolute atomic E-state index is 0.179. The Morgan fingerprint density at radius 1 is 1.07 bits per heavy atom.